The molecule has 24 heavy (non-hydrogen) atoms. The highest BCUT2D eigenvalue weighted by Crippen LogP contribution is 2.09. The third kappa shape index (κ3) is 9.11. The molecular formula is C21H24S3. The number of benzene rings is 3. The summed E-state index contributed by atoms with van der Waals surface area (Å²) < 4.78 is 0. The van der Waals surface area contributed by atoms with E-state index in [2.05, 4.69) is 57.8 Å². The predicted octanol–water partition coefficient (Wildman–Crippen LogP) is 6.85. The summed E-state index contributed by atoms with van der Waals surface area (Å²) in [6.07, 6.45) is 0. The van der Waals surface area contributed by atoms with Gasteiger partial charge in [0.05, 0.1) is 0 Å². The molecule has 0 aliphatic carbocycles. The van der Waals surface area contributed by atoms with Crippen LogP contribution in [-0.2, 0) is 0 Å². The Morgan fingerprint density at radius 2 is 1.17 bits per heavy atom. The molecule has 0 unspecified atom stereocenters. The van der Waals surface area contributed by atoms with Crippen LogP contribution >= 0.6 is 37.9 Å². The molecule has 3 aromatic rings. The molecule has 0 amide bonds. The van der Waals surface area contributed by atoms with E-state index in [1.54, 1.807) is 0 Å². The highest BCUT2D eigenvalue weighted by atomic mass is 32.1. The predicted molar refractivity (Wildman–Crippen MR) is 115 cm³/mol. The van der Waals surface area contributed by atoms with Crippen molar-refractivity contribution in [3.63, 3.8) is 0 Å². The third-order valence-electron chi connectivity index (χ3n) is 3.15. The lowest BCUT2D eigenvalue weighted by Crippen LogP contribution is -1.70. The molecule has 0 atom stereocenters. The molecule has 3 rings (SSSR count). The van der Waals surface area contributed by atoms with Crippen LogP contribution in [0.15, 0.2) is 87.5 Å². The molecule has 0 spiro atoms. The SMILES string of the molecule is Cc1ccc(S)cc1.Cc1cccc(S)c1.Cc1ccccc1S. The van der Waals surface area contributed by atoms with Crippen molar-refractivity contribution in [3.05, 3.63) is 89.5 Å². The molecule has 0 saturated carbocycles. The maximum absolute atomic E-state index is 4.20. The van der Waals surface area contributed by atoms with Crippen LogP contribution in [0.1, 0.15) is 16.7 Å². The van der Waals surface area contributed by atoms with Crippen molar-refractivity contribution in [3.8, 4) is 0 Å². The second-order valence-corrected chi connectivity index (χ2v) is 6.98. The van der Waals surface area contributed by atoms with Gasteiger partial charge >= 0.3 is 0 Å². The number of hydrogen-bond acceptors (Lipinski definition) is 3. The van der Waals surface area contributed by atoms with Gasteiger partial charge in [-0.05, 0) is 56.7 Å². The zero-order chi connectivity index (χ0) is 17.9. The van der Waals surface area contributed by atoms with Gasteiger partial charge in [0.2, 0.25) is 0 Å². The first-order chi connectivity index (χ1) is 11.4. The van der Waals surface area contributed by atoms with Crippen molar-refractivity contribution in [2.45, 2.75) is 35.5 Å². The Morgan fingerprint density at radius 1 is 0.542 bits per heavy atom. The lowest BCUT2D eigenvalue weighted by atomic mass is 10.2. The topological polar surface area (TPSA) is 0 Å². The summed E-state index contributed by atoms with van der Waals surface area (Å²) in [7, 11) is 0. The Bertz CT molecular complexity index is 675. The molecule has 0 saturated heterocycles. The van der Waals surface area contributed by atoms with E-state index in [0.29, 0.717) is 0 Å². The number of hydrogen-bond donors (Lipinski definition) is 3. The smallest absolute Gasteiger partial charge is 0.00692 e. The Morgan fingerprint density at radius 3 is 1.54 bits per heavy atom. The minimum Gasteiger partial charge on any atom is -0.143 e. The van der Waals surface area contributed by atoms with Crippen molar-refractivity contribution in [1.82, 2.24) is 0 Å². The molecule has 0 fully saturated rings. The van der Waals surface area contributed by atoms with Gasteiger partial charge in [-0.1, -0.05) is 53.6 Å². The van der Waals surface area contributed by atoms with E-state index >= 15 is 0 Å². The average molecular weight is 373 g/mol. The van der Waals surface area contributed by atoms with Crippen LogP contribution in [0, 0.1) is 20.8 Å². The Hall–Kier alpha value is -1.29. The second-order valence-electron chi connectivity index (χ2n) is 5.46. The fourth-order valence-electron chi connectivity index (χ4n) is 1.74. The molecule has 0 aromatic heterocycles. The van der Waals surface area contributed by atoms with Gasteiger partial charge in [0.1, 0.15) is 0 Å². The van der Waals surface area contributed by atoms with Gasteiger partial charge in [0.25, 0.3) is 0 Å². The molecule has 0 aliphatic rings. The molecule has 3 aromatic carbocycles. The van der Waals surface area contributed by atoms with Crippen molar-refractivity contribution >= 4 is 37.9 Å². The van der Waals surface area contributed by atoms with E-state index in [0.717, 1.165) is 14.7 Å². The number of rotatable bonds is 0. The summed E-state index contributed by atoms with van der Waals surface area (Å²) in [6.45, 7) is 6.16. The van der Waals surface area contributed by atoms with E-state index in [4.69, 9.17) is 0 Å². The summed E-state index contributed by atoms with van der Waals surface area (Å²) in [5.74, 6) is 0. The highest BCUT2D eigenvalue weighted by molar-refractivity contribution is 7.80. The largest absolute Gasteiger partial charge is 0.143 e. The van der Waals surface area contributed by atoms with E-state index in [1.807, 2.05) is 73.7 Å². The quantitative estimate of drug-likeness (QED) is 0.353. The van der Waals surface area contributed by atoms with Crippen LogP contribution in [0.4, 0.5) is 0 Å². The van der Waals surface area contributed by atoms with Crippen LogP contribution in [0.3, 0.4) is 0 Å². The molecule has 0 radical (unpaired) electrons. The second kappa shape index (κ2) is 11.3. The first-order valence-electron chi connectivity index (χ1n) is 7.64. The van der Waals surface area contributed by atoms with Crippen molar-refractivity contribution in [1.29, 1.82) is 0 Å². The first kappa shape index (κ1) is 20.8. The van der Waals surface area contributed by atoms with Gasteiger partial charge in [0, 0.05) is 14.7 Å². The van der Waals surface area contributed by atoms with Crippen LogP contribution in [0.25, 0.3) is 0 Å². The molecule has 0 aliphatic heterocycles. The minimum atomic E-state index is 1.02. The summed E-state index contributed by atoms with van der Waals surface area (Å²) in [5, 5.41) is 0. The lowest BCUT2D eigenvalue weighted by molar-refractivity contribution is 1.31. The van der Waals surface area contributed by atoms with Gasteiger partial charge in [-0.25, -0.2) is 0 Å². The van der Waals surface area contributed by atoms with E-state index < -0.39 is 0 Å². The first-order valence-corrected chi connectivity index (χ1v) is 8.98. The van der Waals surface area contributed by atoms with Gasteiger partial charge in [-0.15, -0.1) is 37.9 Å². The molecule has 126 valence electrons. The monoisotopic (exact) mass is 372 g/mol. The zero-order valence-electron chi connectivity index (χ0n) is 14.3. The normalized spacial score (nSPS) is 9.25. The minimum absolute atomic E-state index is 1.02. The maximum atomic E-state index is 4.20. The standard InChI is InChI=1S/3C7H8S/c1-6-2-4-7(8)5-3-6;1-6-3-2-4-7(8)5-6;1-6-4-2-3-5-7(6)8/h3*2-5,8H,1H3. The summed E-state index contributed by atoms with van der Waals surface area (Å²) in [4.78, 5) is 3.12. The van der Waals surface area contributed by atoms with Crippen molar-refractivity contribution < 1.29 is 0 Å². The summed E-state index contributed by atoms with van der Waals surface area (Å²) in [5.41, 5.74) is 3.77. The van der Waals surface area contributed by atoms with Crippen LogP contribution in [-0.4, -0.2) is 0 Å². The molecule has 0 bridgehead atoms. The Balaban J connectivity index is 0.000000180. The molecule has 3 heteroatoms. The van der Waals surface area contributed by atoms with Gasteiger partial charge in [0.15, 0.2) is 0 Å². The number of thiol groups is 3. The van der Waals surface area contributed by atoms with Gasteiger partial charge < -0.3 is 0 Å². The molecule has 0 heterocycles. The van der Waals surface area contributed by atoms with Gasteiger partial charge in [-0.2, -0.15) is 0 Å². The Labute approximate surface area is 162 Å². The van der Waals surface area contributed by atoms with Crippen LogP contribution < -0.4 is 0 Å². The highest BCUT2D eigenvalue weighted by Gasteiger charge is 1.85. The van der Waals surface area contributed by atoms with Crippen molar-refractivity contribution in [2.75, 3.05) is 0 Å². The average Bonchev–Trinajstić information content (AvgIpc) is 2.54. The molecular weight excluding hydrogens is 348 g/mol. The van der Waals surface area contributed by atoms with E-state index in [-0.39, 0.29) is 0 Å². The van der Waals surface area contributed by atoms with Crippen molar-refractivity contribution in [2.24, 2.45) is 0 Å². The van der Waals surface area contributed by atoms with Crippen LogP contribution in [0.2, 0.25) is 0 Å². The summed E-state index contributed by atoms with van der Waals surface area (Å²) in [6, 6.07) is 24.1. The fraction of sp³-hybridized carbons (Fsp3) is 0.143. The van der Waals surface area contributed by atoms with E-state index in [9.17, 15) is 0 Å². The van der Waals surface area contributed by atoms with Crippen LogP contribution in [0.5, 0.6) is 0 Å². The molecule has 0 nitrogen and oxygen atoms in total. The third-order valence-corrected chi connectivity index (χ3v) is 4.23. The lowest BCUT2D eigenvalue weighted by Gasteiger charge is -1.92. The molecule has 0 N–H and O–H groups in total. The maximum Gasteiger partial charge on any atom is 0.00692 e. The number of aryl methyl sites for hydroxylation is 3. The van der Waals surface area contributed by atoms with E-state index in [1.165, 1.54) is 16.7 Å². The Kier molecular flexibility index (Phi) is 9.77. The zero-order valence-corrected chi connectivity index (χ0v) is 17.0. The fourth-order valence-corrected chi connectivity index (χ4v) is 2.34. The van der Waals surface area contributed by atoms with Gasteiger partial charge in [-0.3, -0.25) is 0 Å². The summed E-state index contributed by atoms with van der Waals surface area (Å²) >= 11 is 12.5.